The Morgan fingerprint density at radius 3 is 2.52 bits per heavy atom. The molecule has 8 nitrogen and oxygen atoms in total. The molecule has 4 rings (SSSR count). The Hall–Kier alpha value is -3.78. The third-order valence-electron chi connectivity index (χ3n) is 4.84. The lowest BCUT2D eigenvalue weighted by atomic mass is 10.1. The summed E-state index contributed by atoms with van der Waals surface area (Å²) in [5.74, 6) is 1.31. The number of hydrogen-bond donors (Lipinski definition) is 2. The minimum atomic E-state index is -0.0812. The van der Waals surface area contributed by atoms with Crippen LogP contribution in [0.15, 0.2) is 63.5 Å². The highest BCUT2D eigenvalue weighted by Gasteiger charge is 2.23. The zero-order valence-electron chi connectivity index (χ0n) is 17.7. The lowest BCUT2D eigenvalue weighted by molar-refractivity contribution is -0.886. The summed E-state index contributed by atoms with van der Waals surface area (Å²) < 4.78 is 11.3. The van der Waals surface area contributed by atoms with Crippen molar-refractivity contribution in [3.63, 3.8) is 0 Å². The minimum Gasteiger partial charge on any atom is -0.415 e. The third kappa shape index (κ3) is 4.87. The molecule has 0 aliphatic rings. The lowest BCUT2D eigenvalue weighted by Gasteiger charge is -2.11. The zero-order valence-corrected chi connectivity index (χ0v) is 17.7. The van der Waals surface area contributed by atoms with Crippen molar-refractivity contribution < 1.29 is 18.6 Å². The van der Waals surface area contributed by atoms with E-state index in [1.807, 2.05) is 75.5 Å². The van der Waals surface area contributed by atoms with Gasteiger partial charge in [-0.25, -0.2) is 0 Å². The Morgan fingerprint density at radius 2 is 1.77 bits per heavy atom. The molecule has 0 radical (unpaired) electrons. The van der Waals surface area contributed by atoms with Gasteiger partial charge < -0.3 is 19.2 Å². The molecule has 2 aromatic carbocycles. The van der Waals surface area contributed by atoms with Crippen LogP contribution in [0.25, 0.3) is 22.7 Å². The molecule has 4 aromatic rings. The van der Waals surface area contributed by atoms with Gasteiger partial charge in [-0.1, -0.05) is 53.2 Å². The summed E-state index contributed by atoms with van der Waals surface area (Å²) >= 11 is 0. The Bertz CT molecular complexity index is 1170. The van der Waals surface area contributed by atoms with Crippen LogP contribution in [0.4, 0.5) is 5.69 Å². The molecule has 1 unspecified atom stereocenters. The number of anilines is 1. The van der Waals surface area contributed by atoms with Gasteiger partial charge in [0.15, 0.2) is 13.1 Å². The van der Waals surface area contributed by atoms with Crippen LogP contribution >= 0.6 is 0 Å². The van der Waals surface area contributed by atoms with Gasteiger partial charge in [-0.3, -0.25) is 4.79 Å². The highest BCUT2D eigenvalue weighted by Crippen LogP contribution is 2.33. The number of quaternary nitrogens is 1. The Labute approximate surface area is 179 Å². The van der Waals surface area contributed by atoms with E-state index in [4.69, 9.17) is 8.94 Å². The summed E-state index contributed by atoms with van der Waals surface area (Å²) in [5.41, 5.74) is 4.17. The van der Waals surface area contributed by atoms with Crippen LogP contribution in [-0.4, -0.2) is 34.9 Å². The number of carbonyl (C=O) groups excluding carboxylic acids is 1. The fourth-order valence-corrected chi connectivity index (χ4v) is 3.28. The number of aromatic nitrogens is 3. The van der Waals surface area contributed by atoms with Crippen LogP contribution in [0.3, 0.4) is 0 Å². The monoisotopic (exact) mass is 418 g/mol. The summed E-state index contributed by atoms with van der Waals surface area (Å²) in [6.45, 7) is 4.50. The lowest BCUT2D eigenvalue weighted by Crippen LogP contribution is -3.08. The number of benzene rings is 2. The molecule has 31 heavy (non-hydrogen) atoms. The van der Waals surface area contributed by atoms with E-state index in [-0.39, 0.29) is 12.5 Å². The molecule has 2 heterocycles. The van der Waals surface area contributed by atoms with Crippen molar-refractivity contribution in [3.05, 3.63) is 71.8 Å². The average molecular weight is 418 g/mol. The van der Waals surface area contributed by atoms with Crippen LogP contribution in [0.1, 0.15) is 17.2 Å². The number of carbonyl (C=O) groups is 1. The number of nitrogens with zero attached hydrogens (tertiary/aromatic N) is 3. The van der Waals surface area contributed by atoms with Crippen LogP contribution in [0, 0.1) is 13.8 Å². The van der Waals surface area contributed by atoms with E-state index in [9.17, 15) is 4.79 Å². The molecule has 1 atom stereocenters. The van der Waals surface area contributed by atoms with Crippen LogP contribution in [0.2, 0.25) is 0 Å². The van der Waals surface area contributed by atoms with Gasteiger partial charge >= 0.3 is 0 Å². The van der Waals surface area contributed by atoms with Crippen LogP contribution < -0.4 is 10.2 Å². The van der Waals surface area contributed by atoms with Gasteiger partial charge in [0.05, 0.1) is 7.05 Å². The summed E-state index contributed by atoms with van der Waals surface area (Å²) in [6.07, 6.45) is 0. The second-order valence-corrected chi connectivity index (χ2v) is 7.55. The van der Waals surface area contributed by atoms with E-state index in [0.717, 1.165) is 21.7 Å². The third-order valence-corrected chi connectivity index (χ3v) is 4.84. The SMILES string of the molecule is Cc1ccc(NC(=O)C[NH+](C)Cc2nnc(-c3c(-c4ccccc4)noc3C)o2)cc1. The predicted molar refractivity (Wildman–Crippen MR) is 115 cm³/mol. The van der Waals surface area contributed by atoms with Crippen LogP contribution in [0.5, 0.6) is 0 Å². The van der Waals surface area contributed by atoms with E-state index in [0.29, 0.717) is 35.3 Å². The molecule has 158 valence electrons. The van der Waals surface area contributed by atoms with Gasteiger partial charge in [0.2, 0.25) is 0 Å². The van der Waals surface area contributed by atoms with Crippen LogP contribution in [-0.2, 0) is 11.3 Å². The van der Waals surface area contributed by atoms with Crippen molar-refractivity contribution in [1.82, 2.24) is 15.4 Å². The Balaban J connectivity index is 1.42. The average Bonchev–Trinajstić information content (AvgIpc) is 3.36. The molecule has 0 fully saturated rings. The maximum absolute atomic E-state index is 12.3. The first-order valence-electron chi connectivity index (χ1n) is 10.0. The molecule has 2 N–H and O–H groups in total. The minimum absolute atomic E-state index is 0.0812. The topological polar surface area (TPSA) is 98.5 Å². The Morgan fingerprint density at radius 1 is 1.03 bits per heavy atom. The maximum Gasteiger partial charge on any atom is 0.279 e. The summed E-state index contributed by atoms with van der Waals surface area (Å²) in [6, 6.07) is 17.4. The van der Waals surface area contributed by atoms with Gasteiger partial charge in [0.1, 0.15) is 17.0 Å². The zero-order chi connectivity index (χ0) is 21.8. The van der Waals surface area contributed by atoms with Gasteiger partial charge in [-0.05, 0) is 26.0 Å². The maximum atomic E-state index is 12.3. The molecular weight excluding hydrogens is 394 g/mol. The fourth-order valence-electron chi connectivity index (χ4n) is 3.28. The van der Waals surface area contributed by atoms with Gasteiger partial charge in [-0.15, -0.1) is 10.2 Å². The quantitative estimate of drug-likeness (QED) is 0.479. The fraction of sp³-hybridized carbons (Fsp3) is 0.217. The van der Waals surface area contributed by atoms with Crippen molar-refractivity contribution in [1.29, 1.82) is 0 Å². The van der Waals surface area contributed by atoms with Crippen molar-refractivity contribution in [2.45, 2.75) is 20.4 Å². The number of amides is 1. The molecule has 0 aliphatic carbocycles. The molecular formula is C23H24N5O3+. The number of hydrogen-bond acceptors (Lipinski definition) is 6. The molecule has 0 bridgehead atoms. The number of nitrogens with one attached hydrogen (secondary N) is 2. The molecule has 0 saturated carbocycles. The van der Waals surface area contributed by atoms with E-state index >= 15 is 0 Å². The molecule has 0 spiro atoms. The first kappa shape index (κ1) is 20.5. The van der Waals surface area contributed by atoms with E-state index in [1.54, 1.807) is 0 Å². The molecule has 1 amide bonds. The van der Waals surface area contributed by atoms with Gasteiger partial charge in [-0.2, -0.15) is 0 Å². The van der Waals surface area contributed by atoms with E-state index < -0.39 is 0 Å². The molecule has 0 saturated heterocycles. The summed E-state index contributed by atoms with van der Waals surface area (Å²) in [5, 5.41) is 15.4. The second-order valence-electron chi connectivity index (χ2n) is 7.55. The second kappa shape index (κ2) is 8.93. The van der Waals surface area contributed by atoms with Crippen molar-refractivity contribution in [2.75, 3.05) is 18.9 Å². The van der Waals surface area contributed by atoms with E-state index in [2.05, 4.69) is 20.7 Å². The first-order chi connectivity index (χ1) is 15.0. The molecule has 8 heteroatoms. The first-order valence-corrected chi connectivity index (χ1v) is 10.0. The number of likely N-dealkylation sites (N-methyl/N-ethyl adjacent to an activating group) is 1. The standard InChI is InChI=1S/C23H23N5O3/c1-15-9-11-18(12-10-15)24-19(29)13-28(3)14-20-25-26-23(30-20)21-16(2)31-27-22(21)17-7-5-4-6-8-17/h4-12H,13-14H2,1-3H3,(H,24,29)/p+1. The van der Waals surface area contributed by atoms with Crippen molar-refractivity contribution in [2.24, 2.45) is 0 Å². The Kier molecular flexibility index (Phi) is 5.90. The van der Waals surface area contributed by atoms with Crippen molar-refractivity contribution >= 4 is 11.6 Å². The predicted octanol–water partition coefficient (Wildman–Crippen LogP) is 2.66. The smallest absolute Gasteiger partial charge is 0.279 e. The number of aryl methyl sites for hydroxylation is 2. The largest absolute Gasteiger partial charge is 0.415 e. The van der Waals surface area contributed by atoms with Gasteiger partial charge in [0, 0.05) is 11.3 Å². The molecule has 0 aliphatic heterocycles. The summed E-state index contributed by atoms with van der Waals surface area (Å²) in [7, 11) is 1.90. The number of rotatable bonds is 7. The molecule has 2 aromatic heterocycles. The highest BCUT2D eigenvalue weighted by molar-refractivity contribution is 5.91. The normalized spacial score (nSPS) is 12.0. The van der Waals surface area contributed by atoms with Gasteiger partial charge in [0.25, 0.3) is 17.7 Å². The summed E-state index contributed by atoms with van der Waals surface area (Å²) in [4.78, 5) is 13.2. The van der Waals surface area contributed by atoms with E-state index in [1.165, 1.54) is 0 Å². The highest BCUT2D eigenvalue weighted by atomic mass is 16.5. The van der Waals surface area contributed by atoms with Crippen molar-refractivity contribution in [3.8, 4) is 22.7 Å².